The van der Waals surface area contributed by atoms with E-state index in [-0.39, 0.29) is 5.91 Å². The third-order valence-corrected chi connectivity index (χ3v) is 4.66. The number of anilines is 2. The second kappa shape index (κ2) is 8.23. The summed E-state index contributed by atoms with van der Waals surface area (Å²) < 4.78 is 5.30. The van der Waals surface area contributed by atoms with Crippen LogP contribution in [0.5, 0.6) is 5.75 Å². The van der Waals surface area contributed by atoms with Crippen LogP contribution in [0.15, 0.2) is 42.5 Å². The second-order valence-electron chi connectivity index (χ2n) is 6.89. The first-order valence-corrected chi connectivity index (χ1v) is 9.03. The number of piperazine rings is 1. The average molecular weight is 353 g/mol. The molecule has 2 aromatic rings. The van der Waals surface area contributed by atoms with Gasteiger partial charge in [-0.15, -0.1) is 0 Å². The van der Waals surface area contributed by atoms with Crippen molar-refractivity contribution < 1.29 is 9.53 Å². The Bertz CT molecular complexity index is 747. The van der Waals surface area contributed by atoms with Crippen LogP contribution in [0.1, 0.15) is 11.1 Å². The molecular weight excluding hydrogens is 326 g/mol. The summed E-state index contributed by atoms with van der Waals surface area (Å²) in [5.41, 5.74) is 4.37. The highest BCUT2D eigenvalue weighted by Gasteiger charge is 2.19. The van der Waals surface area contributed by atoms with Crippen LogP contribution in [0.25, 0.3) is 0 Å². The highest BCUT2D eigenvalue weighted by Crippen LogP contribution is 2.22. The molecule has 1 aliphatic rings. The van der Waals surface area contributed by atoms with Crippen molar-refractivity contribution in [1.82, 2.24) is 4.90 Å². The molecule has 0 aliphatic carbocycles. The molecule has 5 nitrogen and oxygen atoms in total. The number of methoxy groups -OCH3 is 1. The molecule has 138 valence electrons. The third kappa shape index (κ3) is 4.76. The summed E-state index contributed by atoms with van der Waals surface area (Å²) in [6, 6.07) is 14.2. The number of aryl methyl sites for hydroxylation is 2. The summed E-state index contributed by atoms with van der Waals surface area (Å²) in [4.78, 5) is 16.9. The van der Waals surface area contributed by atoms with Gasteiger partial charge in [-0.25, -0.2) is 0 Å². The fourth-order valence-electron chi connectivity index (χ4n) is 3.42. The van der Waals surface area contributed by atoms with Gasteiger partial charge >= 0.3 is 0 Å². The Kier molecular flexibility index (Phi) is 5.78. The molecule has 0 unspecified atom stereocenters. The number of nitrogens with one attached hydrogen (secondary N) is 1. The second-order valence-corrected chi connectivity index (χ2v) is 6.89. The van der Waals surface area contributed by atoms with E-state index in [4.69, 9.17) is 4.74 Å². The maximum Gasteiger partial charge on any atom is 0.238 e. The van der Waals surface area contributed by atoms with Gasteiger partial charge in [-0.1, -0.05) is 12.1 Å². The maximum absolute atomic E-state index is 12.4. The monoisotopic (exact) mass is 353 g/mol. The molecule has 5 heteroatoms. The zero-order chi connectivity index (χ0) is 18.5. The lowest BCUT2D eigenvalue weighted by Crippen LogP contribution is -2.48. The van der Waals surface area contributed by atoms with E-state index in [9.17, 15) is 4.79 Å². The Morgan fingerprint density at radius 3 is 2.38 bits per heavy atom. The Morgan fingerprint density at radius 1 is 1.04 bits per heavy atom. The molecule has 0 bridgehead atoms. The lowest BCUT2D eigenvalue weighted by atomic mass is 10.1. The Morgan fingerprint density at radius 2 is 1.73 bits per heavy atom. The van der Waals surface area contributed by atoms with Crippen LogP contribution < -0.4 is 15.0 Å². The Hall–Kier alpha value is -2.53. The van der Waals surface area contributed by atoms with Gasteiger partial charge in [0.1, 0.15) is 5.75 Å². The molecule has 0 spiro atoms. The minimum Gasteiger partial charge on any atom is -0.497 e. The van der Waals surface area contributed by atoms with Crippen molar-refractivity contribution >= 4 is 17.3 Å². The van der Waals surface area contributed by atoms with Crippen molar-refractivity contribution in [2.75, 3.05) is 50.1 Å². The topological polar surface area (TPSA) is 44.8 Å². The quantitative estimate of drug-likeness (QED) is 0.897. The van der Waals surface area contributed by atoms with Crippen LogP contribution in [0.2, 0.25) is 0 Å². The van der Waals surface area contributed by atoms with Gasteiger partial charge in [-0.2, -0.15) is 0 Å². The number of benzene rings is 2. The molecule has 26 heavy (non-hydrogen) atoms. The average Bonchev–Trinajstić information content (AvgIpc) is 2.61. The number of amides is 1. The fraction of sp³-hybridized carbons (Fsp3) is 0.381. The molecule has 0 radical (unpaired) electrons. The Balaban J connectivity index is 1.51. The van der Waals surface area contributed by atoms with E-state index in [0.29, 0.717) is 6.54 Å². The van der Waals surface area contributed by atoms with Crippen molar-refractivity contribution in [3.63, 3.8) is 0 Å². The van der Waals surface area contributed by atoms with Crippen LogP contribution in [0.3, 0.4) is 0 Å². The maximum atomic E-state index is 12.4. The van der Waals surface area contributed by atoms with Crippen LogP contribution in [0.4, 0.5) is 11.4 Å². The zero-order valence-corrected chi connectivity index (χ0v) is 15.8. The molecule has 1 aliphatic heterocycles. The van der Waals surface area contributed by atoms with Gasteiger partial charge in [0.05, 0.1) is 13.7 Å². The molecule has 0 saturated carbocycles. The summed E-state index contributed by atoms with van der Waals surface area (Å²) in [5.74, 6) is 0.919. The van der Waals surface area contributed by atoms with Crippen molar-refractivity contribution in [1.29, 1.82) is 0 Å². The van der Waals surface area contributed by atoms with E-state index in [2.05, 4.69) is 33.3 Å². The smallest absolute Gasteiger partial charge is 0.238 e. The van der Waals surface area contributed by atoms with Crippen LogP contribution in [-0.4, -0.2) is 50.6 Å². The van der Waals surface area contributed by atoms with Crippen LogP contribution in [0, 0.1) is 13.8 Å². The minimum absolute atomic E-state index is 0.0461. The van der Waals surface area contributed by atoms with Crippen LogP contribution in [-0.2, 0) is 4.79 Å². The fourth-order valence-corrected chi connectivity index (χ4v) is 3.42. The number of ether oxygens (including phenoxy) is 1. The van der Waals surface area contributed by atoms with Gasteiger partial charge in [-0.05, 0) is 49.2 Å². The zero-order valence-electron chi connectivity index (χ0n) is 15.8. The van der Waals surface area contributed by atoms with Gasteiger partial charge in [0.2, 0.25) is 5.91 Å². The third-order valence-electron chi connectivity index (χ3n) is 4.66. The number of hydrogen-bond donors (Lipinski definition) is 1. The van der Waals surface area contributed by atoms with Crippen molar-refractivity contribution in [2.24, 2.45) is 0 Å². The predicted octanol–water partition coefficient (Wildman–Crippen LogP) is 3.07. The molecule has 3 rings (SSSR count). The molecule has 1 heterocycles. The van der Waals surface area contributed by atoms with E-state index < -0.39 is 0 Å². The van der Waals surface area contributed by atoms with E-state index >= 15 is 0 Å². The van der Waals surface area contributed by atoms with Gasteiger partial charge < -0.3 is 15.0 Å². The molecule has 2 aromatic carbocycles. The lowest BCUT2D eigenvalue weighted by molar-refractivity contribution is -0.117. The number of hydrogen-bond acceptors (Lipinski definition) is 4. The van der Waals surface area contributed by atoms with Gasteiger partial charge in [-0.3, -0.25) is 9.69 Å². The standard InChI is InChI=1S/C21H27N3O2/c1-16-11-17(2)13-18(12-16)22-21(25)15-23-7-9-24(10-8-23)19-5-4-6-20(14-19)26-3/h4-6,11-14H,7-10,15H2,1-3H3,(H,22,25). The number of nitrogens with zero attached hydrogens (tertiary/aromatic N) is 2. The number of carbonyl (C=O) groups excluding carboxylic acids is 1. The van der Waals surface area contributed by atoms with Gasteiger partial charge in [0, 0.05) is 43.6 Å². The van der Waals surface area contributed by atoms with Gasteiger partial charge in [0.15, 0.2) is 0 Å². The number of carbonyl (C=O) groups is 1. The molecule has 1 saturated heterocycles. The first kappa shape index (κ1) is 18.3. The largest absolute Gasteiger partial charge is 0.497 e. The van der Waals surface area contributed by atoms with Crippen molar-refractivity contribution in [3.8, 4) is 5.75 Å². The summed E-state index contributed by atoms with van der Waals surface area (Å²) in [6.45, 7) is 8.07. The van der Waals surface area contributed by atoms with Crippen molar-refractivity contribution in [3.05, 3.63) is 53.6 Å². The molecule has 0 atom stereocenters. The molecule has 0 aromatic heterocycles. The van der Waals surface area contributed by atoms with Gasteiger partial charge in [0.25, 0.3) is 0 Å². The molecule has 1 fully saturated rings. The highest BCUT2D eigenvalue weighted by atomic mass is 16.5. The number of rotatable bonds is 5. The Labute approximate surface area is 155 Å². The summed E-state index contributed by atoms with van der Waals surface area (Å²) in [5, 5.41) is 3.02. The first-order chi connectivity index (χ1) is 12.5. The predicted molar refractivity (Wildman–Crippen MR) is 106 cm³/mol. The van der Waals surface area contributed by atoms with Crippen LogP contribution >= 0.6 is 0 Å². The lowest BCUT2D eigenvalue weighted by Gasteiger charge is -2.35. The summed E-state index contributed by atoms with van der Waals surface area (Å²) in [7, 11) is 1.69. The molecule has 1 amide bonds. The first-order valence-electron chi connectivity index (χ1n) is 9.03. The normalized spacial score (nSPS) is 15.0. The van der Waals surface area contributed by atoms with E-state index in [0.717, 1.165) is 48.7 Å². The van der Waals surface area contributed by atoms with E-state index in [1.807, 2.05) is 38.1 Å². The molecule has 1 N–H and O–H groups in total. The summed E-state index contributed by atoms with van der Waals surface area (Å²) >= 11 is 0. The summed E-state index contributed by atoms with van der Waals surface area (Å²) in [6.07, 6.45) is 0. The highest BCUT2D eigenvalue weighted by molar-refractivity contribution is 5.92. The van der Waals surface area contributed by atoms with Crippen molar-refractivity contribution in [2.45, 2.75) is 13.8 Å². The minimum atomic E-state index is 0.0461. The van der Waals surface area contributed by atoms with E-state index in [1.165, 1.54) is 5.69 Å². The SMILES string of the molecule is COc1cccc(N2CCN(CC(=O)Nc3cc(C)cc(C)c3)CC2)c1. The van der Waals surface area contributed by atoms with E-state index in [1.54, 1.807) is 7.11 Å². The molecular formula is C21H27N3O2.